The van der Waals surface area contributed by atoms with E-state index in [1.54, 1.807) is 0 Å². The van der Waals surface area contributed by atoms with Crippen LogP contribution >= 0.6 is 0 Å². The number of aryl methyl sites for hydroxylation is 1. The van der Waals surface area contributed by atoms with Gasteiger partial charge in [-0.05, 0) is 21.0 Å². The largest absolute Gasteiger partial charge is 0.378 e. The Labute approximate surface area is 109 Å². The minimum absolute atomic E-state index is 0.769. The van der Waals surface area contributed by atoms with Crippen molar-refractivity contribution in [2.45, 2.75) is 26.4 Å². The van der Waals surface area contributed by atoms with Crippen molar-refractivity contribution in [3.05, 3.63) is 17.2 Å². The molecule has 18 heavy (non-hydrogen) atoms. The van der Waals surface area contributed by atoms with Crippen LogP contribution in [0.4, 0.5) is 0 Å². The Morgan fingerprint density at radius 1 is 1.39 bits per heavy atom. The highest BCUT2D eigenvalue weighted by Gasteiger charge is 2.17. The molecule has 1 aromatic rings. The number of nitrogens with zero attached hydrogens (tertiary/aromatic N) is 3. The summed E-state index contributed by atoms with van der Waals surface area (Å²) in [5.74, 6) is 1.11. The number of ether oxygens (including phenoxy) is 1. The zero-order chi connectivity index (χ0) is 13.0. The smallest absolute Gasteiger partial charge is 0.106 e. The van der Waals surface area contributed by atoms with Gasteiger partial charge in [0, 0.05) is 38.3 Å². The van der Waals surface area contributed by atoms with Crippen LogP contribution in [-0.4, -0.2) is 54.8 Å². The number of hydrogen-bond acceptors (Lipinski definition) is 4. The maximum atomic E-state index is 5.66. The highest BCUT2D eigenvalue weighted by molar-refractivity contribution is 5.19. The Kier molecular flexibility index (Phi) is 4.74. The second-order valence-electron chi connectivity index (χ2n) is 5.05. The van der Waals surface area contributed by atoms with Crippen molar-refractivity contribution < 1.29 is 4.74 Å². The van der Waals surface area contributed by atoms with Gasteiger partial charge in [-0.1, -0.05) is 0 Å². The summed E-state index contributed by atoms with van der Waals surface area (Å²) in [6, 6.07) is 0. The Morgan fingerprint density at radius 2 is 2.22 bits per heavy atom. The molecule has 0 saturated carbocycles. The first-order valence-corrected chi connectivity index (χ1v) is 6.66. The molecular weight excluding hydrogens is 228 g/mol. The normalized spacial score (nSPS) is 15.1. The second-order valence-corrected chi connectivity index (χ2v) is 5.05. The molecule has 0 spiro atoms. The van der Waals surface area contributed by atoms with Gasteiger partial charge in [-0.25, -0.2) is 4.98 Å². The van der Waals surface area contributed by atoms with Gasteiger partial charge in [-0.3, -0.25) is 0 Å². The van der Waals surface area contributed by atoms with Crippen LogP contribution in [0.25, 0.3) is 0 Å². The van der Waals surface area contributed by atoms with Gasteiger partial charge >= 0.3 is 0 Å². The summed E-state index contributed by atoms with van der Waals surface area (Å²) in [5, 5.41) is 3.36. The van der Waals surface area contributed by atoms with Crippen molar-refractivity contribution in [2.24, 2.45) is 0 Å². The lowest BCUT2D eigenvalue weighted by molar-refractivity contribution is 0.110. The molecule has 1 aliphatic rings. The van der Waals surface area contributed by atoms with Crippen LogP contribution in [0.1, 0.15) is 17.2 Å². The fraction of sp³-hybridized carbons (Fsp3) is 0.769. The number of imidazole rings is 1. The molecule has 5 nitrogen and oxygen atoms in total. The molecule has 2 heterocycles. The molecule has 0 amide bonds. The van der Waals surface area contributed by atoms with Gasteiger partial charge in [0.2, 0.25) is 0 Å². The monoisotopic (exact) mass is 252 g/mol. The maximum Gasteiger partial charge on any atom is 0.106 e. The lowest BCUT2D eigenvalue weighted by atomic mass is 10.2. The molecule has 0 radical (unpaired) electrons. The van der Waals surface area contributed by atoms with Crippen molar-refractivity contribution in [3.63, 3.8) is 0 Å². The van der Waals surface area contributed by atoms with Gasteiger partial charge in [0.05, 0.1) is 18.9 Å². The van der Waals surface area contributed by atoms with E-state index in [1.807, 2.05) is 0 Å². The summed E-state index contributed by atoms with van der Waals surface area (Å²) in [6.07, 6.45) is 1.08. The number of hydrogen-bond donors (Lipinski definition) is 1. The zero-order valence-electron chi connectivity index (χ0n) is 11.7. The topological polar surface area (TPSA) is 42.3 Å². The van der Waals surface area contributed by atoms with E-state index in [1.165, 1.54) is 11.4 Å². The van der Waals surface area contributed by atoms with E-state index < -0.39 is 0 Å². The van der Waals surface area contributed by atoms with Crippen LogP contribution in [0.2, 0.25) is 0 Å². The van der Waals surface area contributed by atoms with Crippen LogP contribution in [0, 0.1) is 6.92 Å². The van der Waals surface area contributed by atoms with E-state index in [4.69, 9.17) is 4.74 Å². The molecule has 2 rings (SSSR count). The van der Waals surface area contributed by atoms with Crippen LogP contribution < -0.4 is 5.32 Å². The molecule has 0 atom stereocenters. The molecule has 0 saturated heterocycles. The first-order chi connectivity index (χ1) is 8.68. The average Bonchev–Trinajstić information content (AvgIpc) is 2.65. The summed E-state index contributed by atoms with van der Waals surface area (Å²) < 4.78 is 7.97. The number of likely N-dealkylation sites (N-methyl/N-ethyl adjacent to an activating group) is 1. The van der Waals surface area contributed by atoms with Gasteiger partial charge in [-0.2, -0.15) is 0 Å². The van der Waals surface area contributed by atoms with E-state index in [-0.39, 0.29) is 0 Å². The number of aromatic nitrogens is 2. The summed E-state index contributed by atoms with van der Waals surface area (Å²) in [7, 11) is 4.12. The standard InChI is InChI=1S/C13H24N4O/c1-11-15-12-10-14-5-4-13(12)17(11)7-9-18-8-6-16(2)3/h14H,4-10H2,1-3H3. The molecule has 0 aromatic carbocycles. The fourth-order valence-electron chi connectivity index (χ4n) is 2.31. The van der Waals surface area contributed by atoms with Crippen molar-refractivity contribution in [1.82, 2.24) is 19.8 Å². The Balaban J connectivity index is 1.84. The van der Waals surface area contributed by atoms with E-state index in [9.17, 15) is 0 Å². The van der Waals surface area contributed by atoms with Gasteiger partial charge in [0.25, 0.3) is 0 Å². The van der Waals surface area contributed by atoms with Gasteiger partial charge in [0.1, 0.15) is 5.82 Å². The van der Waals surface area contributed by atoms with Gasteiger partial charge < -0.3 is 19.5 Å². The van der Waals surface area contributed by atoms with Crippen LogP contribution in [0.5, 0.6) is 0 Å². The molecule has 5 heteroatoms. The van der Waals surface area contributed by atoms with Crippen molar-refractivity contribution >= 4 is 0 Å². The van der Waals surface area contributed by atoms with Gasteiger partial charge in [0.15, 0.2) is 0 Å². The Morgan fingerprint density at radius 3 is 3.00 bits per heavy atom. The van der Waals surface area contributed by atoms with Crippen LogP contribution in [-0.2, 0) is 24.2 Å². The van der Waals surface area contributed by atoms with E-state index in [2.05, 4.69) is 40.8 Å². The highest BCUT2D eigenvalue weighted by Crippen LogP contribution is 2.15. The lowest BCUT2D eigenvalue weighted by Gasteiger charge is -2.16. The fourth-order valence-corrected chi connectivity index (χ4v) is 2.31. The molecule has 0 bridgehead atoms. The molecule has 1 aliphatic heterocycles. The van der Waals surface area contributed by atoms with E-state index >= 15 is 0 Å². The van der Waals surface area contributed by atoms with Crippen molar-refractivity contribution in [1.29, 1.82) is 0 Å². The zero-order valence-corrected chi connectivity index (χ0v) is 11.7. The quantitative estimate of drug-likeness (QED) is 0.745. The van der Waals surface area contributed by atoms with E-state index in [0.29, 0.717) is 0 Å². The second kappa shape index (κ2) is 6.31. The van der Waals surface area contributed by atoms with E-state index in [0.717, 1.165) is 51.6 Å². The van der Waals surface area contributed by atoms with Crippen molar-refractivity contribution in [2.75, 3.05) is 40.4 Å². The minimum Gasteiger partial charge on any atom is -0.378 e. The molecule has 0 aliphatic carbocycles. The van der Waals surface area contributed by atoms with Gasteiger partial charge in [-0.15, -0.1) is 0 Å². The maximum absolute atomic E-state index is 5.66. The predicted molar refractivity (Wildman–Crippen MR) is 71.7 cm³/mol. The molecule has 0 unspecified atom stereocenters. The van der Waals surface area contributed by atoms with Crippen LogP contribution in [0.3, 0.4) is 0 Å². The third-order valence-corrected chi connectivity index (χ3v) is 3.32. The Hall–Kier alpha value is -0.910. The number of fused-ring (bicyclic) bond motifs is 1. The first-order valence-electron chi connectivity index (χ1n) is 6.66. The molecule has 102 valence electrons. The predicted octanol–water partition coefficient (Wildman–Crippen LogP) is 0.415. The SMILES string of the molecule is Cc1nc2c(n1CCOCCN(C)C)CCNC2. The van der Waals surface area contributed by atoms with Crippen LogP contribution in [0.15, 0.2) is 0 Å². The third kappa shape index (κ3) is 3.31. The first kappa shape index (κ1) is 13.5. The molecular formula is C13H24N4O. The summed E-state index contributed by atoms with van der Waals surface area (Å²) >= 11 is 0. The number of rotatable bonds is 6. The lowest BCUT2D eigenvalue weighted by Crippen LogP contribution is -2.25. The Bertz CT molecular complexity index is 387. The summed E-state index contributed by atoms with van der Waals surface area (Å²) in [6.45, 7) is 7.50. The average molecular weight is 252 g/mol. The van der Waals surface area contributed by atoms with Crippen molar-refractivity contribution in [3.8, 4) is 0 Å². The summed E-state index contributed by atoms with van der Waals surface area (Å²) in [4.78, 5) is 6.75. The minimum atomic E-state index is 0.769. The number of nitrogens with one attached hydrogen (secondary N) is 1. The third-order valence-electron chi connectivity index (χ3n) is 3.32. The summed E-state index contributed by atoms with van der Waals surface area (Å²) in [5.41, 5.74) is 2.61. The molecule has 0 fully saturated rings. The highest BCUT2D eigenvalue weighted by atomic mass is 16.5. The molecule has 1 N–H and O–H groups in total. The molecule has 1 aromatic heterocycles.